The van der Waals surface area contributed by atoms with Crippen molar-refractivity contribution >= 4 is 27.5 Å². The molecule has 0 aliphatic carbocycles. The molecule has 0 aliphatic heterocycles. The average molecular weight is 368 g/mol. The maximum atomic E-state index is 6.08. The number of halogens is 2. The van der Waals surface area contributed by atoms with E-state index in [4.69, 9.17) is 11.6 Å². The zero-order chi connectivity index (χ0) is 15.2. The quantitative estimate of drug-likeness (QED) is 0.781. The van der Waals surface area contributed by atoms with Crippen LogP contribution in [0.5, 0.6) is 0 Å². The van der Waals surface area contributed by atoms with Crippen molar-refractivity contribution in [2.75, 3.05) is 6.54 Å². The summed E-state index contributed by atoms with van der Waals surface area (Å²) in [6, 6.07) is 10.6. The number of aryl methyl sites for hydroxylation is 1. The molecular formula is C17H20BrClN2. The molecule has 1 N–H and O–H groups in total. The van der Waals surface area contributed by atoms with Gasteiger partial charge in [0.2, 0.25) is 0 Å². The van der Waals surface area contributed by atoms with Gasteiger partial charge < -0.3 is 5.32 Å². The van der Waals surface area contributed by atoms with E-state index in [-0.39, 0.29) is 6.04 Å². The third kappa shape index (κ3) is 4.53. The van der Waals surface area contributed by atoms with Crippen LogP contribution in [0.2, 0.25) is 5.02 Å². The minimum absolute atomic E-state index is 0.239. The van der Waals surface area contributed by atoms with E-state index >= 15 is 0 Å². The van der Waals surface area contributed by atoms with Gasteiger partial charge in [-0.15, -0.1) is 0 Å². The van der Waals surface area contributed by atoms with Gasteiger partial charge in [-0.05, 0) is 58.2 Å². The molecule has 112 valence electrons. The summed E-state index contributed by atoms with van der Waals surface area (Å²) >= 11 is 9.57. The lowest BCUT2D eigenvalue weighted by Crippen LogP contribution is -2.23. The van der Waals surface area contributed by atoms with Gasteiger partial charge in [-0.3, -0.25) is 4.98 Å². The van der Waals surface area contributed by atoms with Gasteiger partial charge in [0.05, 0.1) is 5.02 Å². The van der Waals surface area contributed by atoms with Crippen molar-refractivity contribution in [2.24, 2.45) is 0 Å². The van der Waals surface area contributed by atoms with E-state index in [1.165, 1.54) is 11.1 Å². The van der Waals surface area contributed by atoms with Crippen LogP contribution in [0, 0.1) is 0 Å². The maximum absolute atomic E-state index is 6.08. The minimum atomic E-state index is 0.239. The molecule has 4 heteroatoms. The van der Waals surface area contributed by atoms with Gasteiger partial charge >= 0.3 is 0 Å². The van der Waals surface area contributed by atoms with Crippen molar-refractivity contribution in [2.45, 2.75) is 32.7 Å². The molecule has 1 aromatic heterocycles. The molecule has 0 amide bonds. The molecule has 0 saturated heterocycles. The highest BCUT2D eigenvalue weighted by molar-refractivity contribution is 9.10. The molecule has 2 nitrogen and oxygen atoms in total. The molecule has 1 atom stereocenters. The van der Waals surface area contributed by atoms with E-state index in [0.29, 0.717) is 0 Å². The summed E-state index contributed by atoms with van der Waals surface area (Å²) in [5.41, 5.74) is 3.59. The summed E-state index contributed by atoms with van der Waals surface area (Å²) in [4.78, 5) is 4.56. The third-order valence-corrected chi connectivity index (χ3v) is 4.72. The Bertz CT molecular complexity index is 584. The first-order valence-corrected chi connectivity index (χ1v) is 8.43. The standard InChI is InChI=1S/C17H20BrClN2/c1-3-12-5-7-14(21-11-12)10-17(20-4-2)13-6-8-16(19)15(18)9-13/h5-9,11,17,20H,3-4,10H2,1-2H3. The molecule has 0 aliphatic rings. The fraction of sp³-hybridized carbons (Fsp3) is 0.353. The smallest absolute Gasteiger partial charge is 0.0548 e. The van der Waals surface area contributed by atoms with Crippen LogP contribution in [0.4, 0.5) is 0 Å². The van der Waals surface area contributed by atoms with Crippen LogP contribution in [0.15, 0.2) is 41.0 Å². The molecule has 0 saturated carbocycles. The molecule has 1 unspecified atom stereocenters. The van der Waals surface area contributed by atoms with Crippen molar-refractivity contribution in [1.29, 1.82) is 0 Å². The van der Waals surface area contributed by atoms with Crippen LogP contribution in [0.3, 0.4) is 0 Å². The normalized spacial score (nSPS) is 12.4. The maximum Gasteiger partial charge on any atom is 0.0548 e. The van der Waals surface area contributed by atoms with Gasteiger partial charge in [-0.2, -0.15) is 0 Å². The summed E-state index contributed by atoms with van der Waals surface area (Å²) in [6.07, 6.45) is 3.86. The van der Waals surface area contributed by atoms with Crippen LogP contribution >= 0.6 is 27.5 Å². The van der Waals surface area contributed by atoms with Gasteiger partial charge in [0.1, 0.15) is 0 Å². The second-order valence-electron chi connectivity index (χ2n) is 5.00. The Hall–Kier alpha value is -0.900. The van der Waals surface area contributed by atoms with Crippen LogP contribution in [0.25, 0.3) is 0 Å². The lowest BCUT2D eigenvalue weighted by atomic mass is 10.0. The Kier molecular flexibility index (Phi) is 6.22. The highest BCUT2D eigenvalue weighted by atomic mass is 79.9. The molecular weight excluding hydrogens is 348 g/mol. The fourth-order valence-corrected chi connectivity index (χ4v) is 2.79. The second-order valence-corrected chi connectivity index (χ2v) is 6.26. The van der Waals surface area contributed by atoms with Gasteiger partial charge in [0.25, 0.3) is 0 Å². The molecule has 0 fully saturated rings. The van der Waals surface area contributed by atoms with Crippen molar-refractivity contribution in [1.82, 2.24) is 10.3 Å². The monoisotopic (exact) mass is 366 g/mol. The van der Waals surface area contributed by atoms with Crippen LogP contribution < -0.4 is 5.32 Å². The first-order valence-electron chi connectivity index (χ1n) is 7.26. The van der Waals surface area contributed by atoms with E-state index in [1.807, 2.05) is 12.3 Å². The predicted octanol–water partition coefficient (Wildman–Crippen LogP) is 4.95. The topological polar surface area (TPSA) is 24.9 Å². The SMILES string of the molecule is CCNC(Cc1ccc(CC)cn1)c1ccc(Cl)c(Br)c1. The molecule has 21 heavy (non-hydrogen) atoms. The number of rotatable bonds is 6. The Morgan fingerprint density at radius 3 is 2.62 bits per heavy atom. The largest absolute Gasteiger partial charge is 0.310 e. The highest BCUT2D eigenvalue weighted by Gasteiger charge is 2.13. The summed E-state index contributed by atoms with van der Waals surface area (Å²) in [5, 5.41) is 4.25. The van der Waals surface area contributed by atoms with Crippen LogP contribution in [-0.4, -0.2) is 11.5 Å². The molecule has 1 aromatic carbocycles. The van der Waals surface area contributed by atoms with Gasteiger partial charge in [-0.25, -0.2) is 0 Å². The number of benzene rings is 1. The van der Waals surface area contributed by atoms with E-state index < -0.39 is 0 Å². The Morgan fingerprint density at radius 2 is 2.05 bits per heavy atom. The van der Waals surface area contributed by atoms with E-state index in [1.54, 1.807) is 0 Å². The van der Waals surface area contributed by atoms with E-state index in [0.717, 1.165) is 34.6 Å². The Morgan fingerprint density at radius 1 is 1.24 bits per heavy atom. The lowest BCUT2D eigenvalue weighted by molar-refractivity contribution is 0.544. The first kappa shape index (κ1) is 16.5. The summed E-state index contributed by atoms with van der Waals surface area (Å²) < 4.78 is 0.929. The number of hydrogen-bond acceptors (Lipinski definition) is 2. The van der Waals surface area contributed by atoms with Crippen molar-refractivity contribution in [3.05, 3.63) is 62.8 Å². The number of likely N-dealkylation sites (N-methyl/N-ethyl adjacent to an activating group) is 1. The molecule has 2 aromatic rings. The highest BCUT2D eigenvalue weighted by Crippen LogP contribution is 2.27. The van der Waals surface area contributed by atoms with Crippen molar-refractivity contribution in [3.8, 4) is 0 Å². The van der Waals surface area contributed by atoms with Crippen molar-refractivity contribution < 1.29 is 0 Å². The molecule has 0 spiro atoms. The summed E-state index contributed by atoms with van der Waals surface area (Å²) in [7, 11) is 0. The lowest BCUT2D eigenvalue weighted by Gasteiger charge is -2.19. The van der Waals surface area contributed by atoms with Gasteiger partial charge in [0, 0.05) is 28.8 Å². The Labute approximate surface area is 140 Å². The van der Waals surface area contributed by atoms with Crippen LogP contribution in [0.1, 0.15) is 36.7 Å². The number of hydrogen-bond donors (Lipinski definition) is 1. The van der Waals surface area contributed by atoms with Gasteiger partial charge in [-0.1, -0.05) is 37.6 Å². The number of nitrogens with zero attached hydrogens (tertiary/aromatic N) is 1. The van der Waals surface area contributed by atoms with E-state index in [2.05, 4.69) is 64.3 Å². The minimum Gasteiger partial charge on any atom is -0.310 e. The first-order chi connectivity index (χ1) is 10.1. The molecule has 1 heterocycles. The number of nitrogens with one attached hydrogen (secondary N) is 1. The number of pyridine rings is 1. The summed E-state index contributed by atoms with van der Waals surface area (Å²) in [5.74, 6) is 0. The predicted molar refractivity (Wildman–Crippen MR) is 92.9 cm³/mol. The summed E-state index contributed by atoms with van der Waals surface area (Å²) in [6.45, 7) is 5.17. The molecule has 2 rings (SSSR count). The van der Waals surface area contributed by atoms with Crippen molar-refractivity contribution in [3.63, 3.8) is 0 Å². The van der Waals surface area contributed by atoms with E-state index in [9.17, 15) is 0 Å². The molecule has 0 bridgehead atoms. The third-order valence-electron chi connectivity index (χ3n) is 3.50. The second kappa shape index (κ2) is 7.92. The molecule has 0 radical (unpaired) electrons. The van der Waals surface area contributed by atoms with Crippen LogP contribution in [-0.2, 0) is 12.8 Å². The Balaban J connectivity index is 2.19. The number of aromatic nitrogens is 1. The fourth-order valence-electron chi connectivity index (χ4n) is 2.28. The van der Waals surface area contributed by atoms with Gasteiger partial charge in [0.15, 0.2) is 0 Å². The zero-order valence-corrected chi connectivity index (χ0v) is 14.7. The average Bonchev–Trinajstić information content (AvgIpc) is 2.50. The zero-order valence-electron chi connectivity index (χ0n) is 12.4.